The number of rotatable bonds is 4. The van der Waals surface area contributed by atoms with Crippen LogP contribution in [-0.4, -0.2) is 9.97 Å². The maximum absolute atomic E-state index is 4.93. The molecule has 0 saturated carbocycles. The third-order valence-electron chi connectivity index (χ3n) is 9.84. The van der Waals surface area contributed by atoms with Crippen LogP contribution in [0.2, 0.25) is 0 Å². The van der Waals surface area contributed by atoms with Crippen molar-refractivity contribution < 1.29 is 20.1 Å². The summed E-state index contributed by atoms with van der Waals surface area (Å²) in [5.74, 6) is 0.397. The van der Waals surface area contributed by atoms with Crippen LogP contribution in [0.3, 0.4) is 0 Å². The summed E-state index contributed by atoms with van der Waals surface area (Å²) in [6.45, 7) is 0. The van der Waals surface area contributed by atoms with Gasteiger partial charge in [0.2, 0.25) is 0 Å². The molecule has 0 saturated heterocycles. The predicted molar refractivity (Wildman–Crippen MR) is 203 cm³/mol. The Labute approximate surface area is 312 Å². The van der Waals surface area contributed by atoms with Gasteiger partial charge in [0.15, 0.2) is 0 Å². The second-order valence-electron chi connectivity index (χ2n) is 12.7. The Hall–Kier alpha value is -5.73. The van der Waals surface area contributed by atoms with Crippen molar-refractivity contribution in [3.63, 3.8) is 0 Å². The zero-order valence-corrected chi connectivity index (χ0v) is 30.1. The van der Waals surface area contributed by atoms with Crippen molar-refractivity contribution >= 4 is 0 Å². The number of pyridine rings is 2. The standard InChI is InChI=1S/C37H24N.C11H8N.Ir/c1-4-12-24(13-5-1)35-22-31-30-20-29-27-18-10-11-19-28(27)36(25-14-6-2-7-15-25)32(29)21-33(30)37(34(31)23-38-35)26-16-8-3-9-17-26;1-2-6-10(7-3-1)11-8-4-5-9-12-11;/h1-12,14-23,36-37H;1-6,8-9H;/q2*-1;. The van der Waals surface area contributed by atoms with Crippen molar-refractivity contribution in [2.24, 2.45) is 0 Å². The molecule has 245 valence electrons. The molecule has 6 aromatic carbocycles. The molecule has 8 aromatic rings. The molecule has 0 aliphatic heterocycles. The minimum absolute atomic E-state index is 0. The van der Waals surface area contributed by atoms with Gasteiger partial charge in [-0.2, -0.15) is 0 Å². The Bertz CT molecular complexity index is 2380. The van der Waals surface area contributed by atoms with Crippen LogP contribution < -0.4 is 0 Å². The molecule has 2 aliphatic rings. The average molecular weight is 829 g/mol. The Morgan fingerprint density at radius 2 is 0.941 bits per heavy atom. The number of benzene rings is 6. The number of hydrogen-bond acceptors (Lipinski definition) is 2. The van der Waals surface area contributed by atoms with Gasteiger partial charge in [-0.3, -0.25) is 0 Å². The third kappa shape index (κ3) is 6.06. The number of hydrogen-bond donors (Lipinski definition) is 0. The van der Waals surface area contributed by atoms with Crippen LogP contribution in [-0.2, 0) is 20.1 Å². The molecule has 2 aromatic heterocycles. The summed E-state index contributed by atoms with van der Waals surface area (Å²) in [4.78, 5) is 9.14. The Kier molecular flexibility index (Phi) is 9.07. The molecule has 2 heterocycles. The van der Waals surface area contributed by atoms with Crippen molar-refractivity contribution in [3.05, 3.63) is 228 Å². The second-order valence-corrected chi connectivity index (χ2v) is 12.7. The van der Waals surface area contributed by atoms with Gasteiger partial charge in [0.05, 0.1) is 0 Å². The van der Waals surface area contributed by atoms with Crippen molar-refractivity contribution in [2.75, 3.05) is 0 Å². The molecule has 51 heavy (non-hydrogen) atoms. The molecule has 2 aliphatic carbocycles. The van der Waals surface area contributed by atoms with E-state index in [9.17, 15) is 0 Å². The molecule has 10 rings (SSSR count). The Morgan fingerprint density at radius 1 is 0.392 bits per heavy atom. The topological polar surface area (TPSA) is 25.8 Å². The molecule has 0 spiro atoms. The van der Waals surface area contributed by atoms with E-state index < -0.39 is 0 Å². The summed E-state index contributed by atoms with van der Waals surface area (Å²) in [6, 6.07) is 66.2. The van der Waals surface area contributed by atoms with E-state index in [2.05, 4.69) is 139 Å². The summed E-state index contributed by atoms with van der Waals surface area (Å²) >= 11 is 0. The van der Waals surface area contributed by atoms with Crippen LogP contribution >= 0.6 is 0 Å². The largest absolute Gasteiger partial charge is 0.305 e. The van der Waals surface area contributed by atoms with Gasteiger partial charge in [0.25, 0.3) is 0 Å². The van der Waals surface area contributed by atoms with E-state index in [1.165, 1.54) is 55.6 Å². The van der Waals surface area contributed by atoms with Gasteiger partial charge in [-0.1, -0.05) is 109 Å². The normalized spacial score (nSPS) is 14.5. The van der Waals surface area contributed by atoms with E-state index in [1.807, 2.05) is 54.6 Å². The quantitative estimate of drug-likeness (QED) is 0.165. The van der Waals surface area contributed by atoms with Gasteiger partial charge in [-0.25, -0.2) is 0 Å². The monoisotopic (exact) mass is 829 g/mol. The molecule has 2 atom stereocenters. The predicted octanol–water partition coefficient (Wildman–Crippen LogP) is 11.4. The fourth-order valence-electron chi connectivity index (χ4n) is 7.62. The SMILES string of the molecule is [Ir].[c-]1ccccc1-c1cc2c(cn1)C(c1ccccc1)c1cc3c(cc1-2)-c1ccccc1C3c1ccccc1.[c-]1ccccc1-c1ccccn1. The minimum Gasteiger partial charge on any atom is -0.305 e. The van der Waals surface area contributed by atoms with Gasteiger partial charge in [0, 0.05) is 44.3 Å². The van der Waals surface area contributed by atoms with E-state index >= 15 is 0 Å². The van der Waals surface area contributed by atoms with Crippen molar-refractivity contribution in [2.45, 2.75) is 11.8 Å². The zero-order valence-electron chi connectivity index (χ0n) is 27.7. The minimum atomic E-state index is 0. The van der Waals surface area contributed by atoms with Crippen LogP contribution in [0.1, 0.15) is 45.2 Å². The molecule has 0 bridgehead atoms. The van der Waals surface area contributed by atoms with E-state index in [0.717, 1.165) is 22.5 Å². The Balaban J connectivity index is 0.000000245. The number of aromatic nitrogens is 2. The van der Waals surface area contributed by atoms with Crippen molar-refractivity contribution in [1.82, 2.24) is 9.97 Å². The van der Waals surface area contributed by atoms with Gasteiger partial charge < -0.3 is 9.97 Å². The van der Waals surface area contributed by atoms with Crippen LogP contribution in [0, 0.1) is 12.1 Å². The molecular weight excluding hydrogens is 797 g/mol. The van der Waals surface area contributed by atoms with Crippen LogP contribution in [0.15, 0.2) is 182 Å². The number of nitrogens with zero attached hydrogens (tertiary/aromatic N) is 2. The second kappa shape index (κ2) is 14.2. The summed E-state index contributed by atoms with van der Waals surface area (Å²) in [7, 11) is 0. The van der Waals surface area contributed by atoms with Crippen molar-refractivity contribution in [1.29, 1.82) is 0 Å². The molecule has 2 unspecified atom stereocenters. The molecule has 0 fully saturated rings. The fraction of sp³-hybridized carbons (Fsp3) is 0.0417. The molecular formula is C48H32IrN2-2. The van der Waals surface area contributed by atoms with Gasteiger partial charge in [-0.05, 0) is 79.2 Å². The smallest absolute Gasteiger partial charge is 0.0366 e. The maximum Gasteiger partial charge on any atom is 0.0366 e. The third-order valence-corrected chi connectivity index (χ3v) is 9.84. The molecule has 0 amide bonds. The number of fused-ring (bicyclic) bond motifs is 6. The van der Waals surface area contributed by atoms with Gasteiger partial charge >= 0.3 is 0 Å². The summed E-state index contributed by atoms with van der Waals surface area (Å²) in [5, 5.41) is 0. The van der Waals surface area contributed by atoms with Crippen LogP contribution in [0.5, 0.6) is 0 Å². The molecule has 1 radical (unpaired) electrons. The van der Waals surface area contributed by atoms with Crippen molar-refractivity contribution in [3.8, 4) is 44.8 Å². The molecule has 2 nitrogen and oxygen atoms in total. The first-order chi connectivity index (χ1) is 24.8. The van der Waals surface area contributed by atoms with Gasteiger partial charge in [-0.15, -0.1) is 71.8 Å². The Morgan fingerprint density at radius 3 is 1.57 bits per heavy atom. The first-order valence-corrected chi connectivity index (χ1v) is 17.1. The summed E-state index contributed by atoms with van der Waals surface area (Å²) in [6.07, 6.45) is 3.88. The first-order valence-electron chi connectivity index (χ1n) is 17.1. The average Bonchev–Trinajstić information content (AvgIpc) is 3.70. The van der Waals surface area contributed by atoms with E-state index in [1.54, 1.807) is 6.20 Å². The van der Waals surface area contributed by atoms with Gasteiger partial charge in [0.1, 0.15) is 0 Å². The first kappa shape index (κ1) is 32.5. The maximum atomic E-state index is 4.93. The fourth-order valence-corrected chi connectivity index (χ4v) is 7.62. The molecule has 0 N–H and O–H groups in total. The summed E-state index contributed by atoms with van der Waals surface area (Å²) < 4.78 is 0. The van der Waals surface area contributed by atoms with Crippen LogP contribution in [0.25, 0.3) is 44.8 Å². The molecule has 3 heteroatoms. The van der Waals surface area contributed by atoms with Crippen LogP contribution in [0.4, 0.5) is 0 Å². The zero-order chi connectivity index (χ0) is 33.3. The van der Waals surface area contributed by atoms with E-state index in [-0.39, 0.29) is 31.9 Å². The summed E-state index contributed by atoms with van der Waals surface area (Å²) in [5.41, 5.74) is 17.4. The van der Waals surface area contributed by atoms with E-state index in [4.69, 9.17) is 4.98 Å². The van der Waals surface area contributed by atoms with E-state index in [0.29, 0.717) is 0 Å².